The van der Waals surface area contributed by atoms with E-state index in [9.17, 15) is 4.79 Å². The number of para-hydroxylation sites is 2. The van der Waals surface area contributed by atoms with E-state index < -0.39 is 0 Å². The molecule has 0 unspecified atom stereocenters. The fourth-order valence-electron chi connectivity index (χ4n) is 5.40. The van der Waals surface area contributed by atoms with E-state index in [2.05, 4.69) is 50.6 Å². The molecule has 0 radical (unpaired) electrons. The highest BCUT2D eigenvalue weighted by molar-refractivity contribution is 6.28. The average molecular weight is 473 g/mol. The van der Waals surface area contributed by atoms with Gasteiger partial charge in [-0.3, -0.25) is 4.79 Å². The number of nitrogens with one attached hydrogen (secondary N) is 1. The van der Waals surface area contributed by atoms with Crippen LogP contribution in [0, 0.1) is 0 Å². The lowest BCUT2D eigenvalue weighted by Gasteiger charge is -2.37. The molecular formula is C30H24N4O2. The van der Waals surface area contributed by atoms with Crippen molar-refractivity contribution in [3.8, 4) is 11.3 Å². The zero-order chi connectivity index (χ0) is 24.1. The lowest BCUT2D eigenvalue weighted by Crippen LogP contribution is -2.46. The molecule has 0 spiro atoms. The molecule has 1 fully saturated rings. The molecule has 6 nitrogen and oxygen atoms in total. The van der Waals surface area contributed by atoms with Crippen LogP contribution in [0.25, 0.3) is 22.2 Å². The Morgan fingerprint density at radius 2 is 1.39 bits per heavy atom. The van der Waals surface area contributed by atoms with Crippen molar-refractivity contribution >= 4 is 39.4 Å². The normalized spacial score (nSPS) is 14.7. The number of carbonyl (C=O) groups is 1. The number of benzene rings is 4. The van der Waals surface area contributed by atoms with Gasteiger partial charge in [-0.15, -0.1) is 0 Å². The zero-order valence-electron chi connectivity index (χ0n) is 19.6. The molecule has 1 aromatic heterocycles. The lowest BCUT2D eigenvalue weighted by atomic mass is 9.86. The van der Waals surface area contributed by atoms with Crippen LogP contribution in [-0.4, -0.2) is 37.1 Å². The molecule has 4 aromatic carbocycles. The smallest absolute Gasteiger partial charge is 0.196 e. The predicted octanol–water partition coefficient (Wildman–Crippen LogP) is 6.11. The Bertz CT molecular complexity index is 1590. The summed E-state index contributed by atoms with van der Waals surface area (Å²) in [6.07, 6.45) is 0. The minimum absolute atomic E-state index is 0.00909. The highest BCUT2D eigenvalue weighted by Gasteiger charge is 2.34. The third-order valence-corrected chi connectivity index (χ3v) is 7.17. The molecule has 1 saturated heterocycles. The maximum absolute atomic E-state index is 13.8. The molecular weight excluding hydrogens is 448 g/mol. The number of aromatic nitrogens is 1. The quantitative estimate of drug-likeness (QED) is 0.334. The van der Waals surface area contributed by atoms with Gasteiger partial charge >= 0.3 is 0 Å². The summed E-state index contributed by atoms with van der Waals surface area (Å²) in [5, 5.41) is 8.82. The van der Waals surface area contributed by atoms with Crippen molar-refractivity contribution in [2.24, 2.45) is 0 Å². The van der Waals surface area contributed by atoms with Crippen molar-refractivity contribution in [1.29, 1.82) is 0 Å². The van der Waals surface area contributed by atoms with Crippen molar-refractivity contribution in [2.45, 2.75) is 0 Å². The molecule has 2 aliphatic rings. The molecule has 36 heavy (non-hydrogen) atoms. The van der Waals surface area contributed by atoms with Crippen molar-refractivity contribution in [1.82, 2.24) is 5.16 Å². The van der Waals surface area contributed by atoms with Crippen LogP contribution >= 0.6 is 0 Å². The van der Waals surface area contributed by atoms with Gasteiger partial charge in [0, 0.05) is 48.7 Å². The minimum atomic E-state index is -0.00909. The number of nitrogens with zero attached hydrogens (tertiary/aromatic N) is 3. The number of hydrogen-bond acceptors (Lipinski definition) is 6. The molecule has 1 aliphatic heterocycles. The number of fused-ring (bicyclic) bond motifs is 2. The third kappa shape index (κ3) is 3.26. The van der Waals surface area contributed by atoms with E-state index in [1.165, 1.54) is 5.69 Å². The van der Waals surface area contributed by atoms with Gasteiger partial charge in [-0.25, -0.2) is 0 Å². The van der Waals surface area contributed by atoms with Gasteiger partial charge in [0.1, 0.15) is 5.52 Å². The van der Waals surface area contributed by atoms with E-state index in [0.29, 0.717) is 16.9 Å². The van der Waals surface area contributed by atoms with Gasteiger partial charge in [0.25, 0.3) is 0 Å². The first kappa shape index (κ1) is 20.8. The first-order chi connectivity index (χ1) is 17.8. The lowest BCUT2D eigenvalue weighted by molar-refractivity contribution is 0.104. The van der Waals surface area contributed by atoms with Crippen LogP contribution in [-0.2, 0) is 0 Å². The average Bonchev–Trinajstić information content (AvgIpc) is 3.38. The Kier molecular flexibility index (Phi) is 4.77. The second kappa shape index (κ2) is 8.27. The topological polar surface area (TPSA) is 61.6 Å². The summed E-state index contributed by atoms with van der Waals surface area (Å²) in [4.78, 5) is 18.5. The van der Waals surface area contributed by atoms with E-state index in [1.807, 2.05) is 60.7 Å². The number of carbonyl (C=O) groups excluding carboxylic acids is 1. The Hall–Kier alpha value is -4.58. The summed E-state index contributed by atoms with van der Waals surface area (Å²) >= 11 is 0. The molecule has 6 heteroatoms. The highest BCUT2D eigenvalue weighted by atomic mass is 16.5. The number of rotatable bonds is 4. The summed E-state index contributed by atoms with van der Waals surface area (Å²) in [5.74, 6) is 0.654. The number of piperazine rings is 1. The molecule has 0 bridgehead atoms. The molecule has 176 valence electrons. The summed E-state index contributed by atoms with van der Waals surface area (Å²) in [5.41, 5.74) is 6.74. The SMILES string of the molecule is O=C1c2ccccc2-c2onc3c(N4CCN(c5ccccc5)CC4)cc(Nc4ccccc4)c1c23. The molecule has 5 aromatic rings. The molecule has 0 saturated carbocycles. The van der Waals surface area contributed by atoms with Crippen LogP contribution in [0.3, 0.4) is 0 Å². The number of ketones is 1. The Morgan fingerprint density at radius 3 is 2.14 bits per heavy atom. The molecule has 2 heterocycles. The van der Waals surface area contributed by atoms with Crippen LogP contribution in [0.4, 0.5) is 22.7 Å². The van der Waals surface area contributed by atoms with E-state index >= 15 is 0 Å². The summed E-state index contributed by atoms with van der Waals surface area (Å²) in [6, 6.07) is 30.2. The van der Waals surface area contributed by atoms with Crippen LogP contribution in [0.1, 0.15) is 15.9 Å². The number of hydrogen-bond donors (Lipinski definition) is 1. The second-order valence-corrected chi connectivity index (χ2v) is 9.23. The standard InChI is InChI=1S/C30H24N4O2/c35-29-22-13-7-8-14-23(22)30-27-26(29)24(31-20-9-3-1-4-10-20)19-25(28(27)32-36-30)34-17-15-33(16-18-34)21-11-5-2-6-12-21/h1-14,19,31H,15-18H2. The van der Waals surface area contributed by atoms with Gasteiger partial charge in [0.2, 0.25) is 0 Å². The number of anilines is 4. The Balaban J connectivity index is 1.35. The molecule has 1 N–H and O–H groups in total. The maximum atomic E-state index is 13.8. The van der Waals surface area contributed by atoms with Crippen molar-refractivity contribution in [3.05, 3.63) is 102 Å². The highest BCUT2D eigenvalue weighted by Crippen LogP contribution is 2.46. The monoisotopic (exact) mass is 472 g/mol. The van der Waals surface area contributed by atoms with Crippen LogP contribution in [0.5, 0.6) is 0 Å². The fraction of sp³-hybridized carbons (Fsp3) is 0.133. The summed E-state index contributed by atoms with van der Waals surface area (Å²) < 4.78 is 5.93. The van der Waals surface area contributed by atoms with Gasteiger partial charge in [-0.2, -0.15) is 0 Å². The fourth-order valence-corrected chi connectivity index (χ4v) is 5.40. The van der Waals surface area contributed by atoms with Gasteiger partial charge in [0.05, 0.1) is 22.3 Å². The second-order valence-electron chi connectivity index (χ2n) is 9.23. The van der Waals surface area contributed by atoms with Crippen molar-refractivity contribution < 1.29 is 9.32 Å². The van der Waals surface area contributed by atoms with Gasteiger partial charge in [-0.1, -0.05) is 65.8 Å². The summed E-state index contributed by atoms with van der Waals surface area (Å²) in [6.45, 7) is 3.50. The van der Waals surface area contributed by atoms with Crippen LogP contribution in [0.15, 0.2) is 95.5 Å². The van der Waals surface area contributed by atoms with Crippen molar-refractivity contribution in [2.75, 3.05) is 41.3 Å². The molecule has 0 amide bonds. The van der Waals surface area contributed by atoms with E-state index in [-0.39, 0.29) is 5.78 Å². The van der Waals surface area contributed by atoms with Gasteiger partial charge in [-0.05, 0) is 30.3 Å². The van der Waals surface area contributed by atoms with Gasteiger partial charge < -0.3 is 19.6 Å². The molecule has 0 atom stereocenters. The van der Waals surface area contributed by atoms with E-state index in [1.54, 1.807) is 0 Å². The zero-order valence-corrected chi connectivity index (χ0v) is 19.6. The van der Waals surface area contributed by atoms with Crippen molar-refractivity contribution in [3.63, 3.8) is 0 Å². The Labute approximate surface area is 208 Å². The first-order valence-electron chi connectivity index (χ1n) is 12.3. The van der Waals surface area contributed by atoms with E-state index in [4.69, 9.17) is 4.52 Å². The maximum Gasteiger partial charge on any atom is 0.196 e. The molecule has 1 aliphatic carbocycles. The minimum Gasteiger partial charge on any atom is -0.368 e. The van der Waals surface area contributed by atoms with Crippen LogP contribution < -0.4 is 15.1 Å². The van der Waals surface area contributed by atoms with E-state index in [0.717, 1.165) is 59.7 Å². The largest absolute Gasteiger partial charge is 0.368 e. The summed E-state index contributed by atoms with van der Waals surface area (Å²) in [7, 11) is 0. The Morgan fingerprint density at radius 1 is 0.750 bits per heavy atom. The predicted molar refractivity (Wildman–Crippen MR) is 143 cm³/mol. The van der Waals surface area contributed by atoms with Gasteiger partial charge in [0.15, 0.2) is 11.5 Å². The molecule has 7 rings (SSSR count). The van der Waals surface area contributed by atoms with Crippen LogP contribution in [0.2, 0.25) is 0 Å². The third-order valence-electron chi connectivity index (χ3n) is 7.17. The first-order valence-corrected chi connectivity index (χ1v) is 12.3.